The van der Waals surface area contributed by atoms with Gasteiger partial charge in [0.05, 0.1) is 26.2 Å². The van der Waals surface area contributed by atoms with Crippen molar-refractivity contribution in [2.45, 2.75) is 20.0 Å². The Bertz CT molecular complexity index is 1210. The van der Waals surface area contributed by atoms with Crippen LogP contribution in [0, 0.1) is 5.82 Å². The predicted octanol–water partition coefficient (Wildman–Crippen LogP) is 0.725. The molecule has 3 aromatic rings. The van der Waals surface area contributed by atoms with Crippen molar-refractivity contribution in [3.05, 3.63) is 86.4 Å². The van der Waals surface area contributed by atoms with E-state index < -0.39 is 17.2 Å². The van der Waals surface area contributed by atoms with Gasteiger partial charge in [-0.25, -0.2) is 18.5 Å². The third kappa shape index (κ3) is 6.42. The number of nitrogens with two attached hydrogens (primary N) is 2. The third-order valence-corrected chi connectivity index (χ3v) is 4.67. The van der Waals surface area contributed by atoms with Gasteiger partial charge in [-0.2, -0.15) is 4.98 Å². The lowest BCUT2D eigenvalue weighted by atomic mass is 10.2. The third-order valence-electron chi connectivity index (χ3n) is 4.67. The number of aliphatic imine (C=N–C) groups is 1. The molecule has 33 heavy (non-hydrogen) atoms. The summed E-state index contributed by atoms with van der Waals surface area (Å²) in [6.07, 6.45) is 0. The predicted molar refractivity (Wildman–Crippen MR) is 124 cm³/mol. The molecule has 0 saturated heterocycles. The highest BCUT2D eigenvalue weighted by Crippen LogP contribution is 2.13. The van der Waals surface area contributed by atoms with Crippen LogP contribution < -0.4 is 32.9 Å². The Hall–Kier alpha value is -4.15. The number of hydrogen-bond acceptors (Lipinski definition) is 6. The highest BCUT2D eigenvalue weighted by atomic mass is 19.1. The molecule has 5 N–H and O–H groups in total. The Morgan fingerprint density at radius 3 is 2.24 bits per heavy atom. The van der Waals surface area contributed by atoms with Crippen LogP contribution in [0.5, 0.6) is 5.75 Å². The summed E-state index contributed by atoms with van der Waals surface area (Å²) in [5, 5.41) is 2.95. The minimum atomic E-state index is -0.725. The number of anilines is 1. The van der Waals surface area contributed by atoms with Gasteiger partial charge >= 0.3 is 11.4 Å². The maximum atomic E-state index is 13.3. The molecule has 174 valence electrons. The van der Waals surface area contributed by atoms with Crippen molar-refractivity contribution in [3.63, 3.8) is 0 Å². The molecule has 0 aliphatic heterocycles. The fraction of sp³-hybridized carbons (Fsp3) is 0.273. The summed E-state index contributed by atoms with van der Waals surface area (Å²) in [6, 6.07) is 12.8. The Labute approximate surface area is 189 Å². The fourth-order valence-corrected chi connectivity index (χ4v) is 3.11. The van der Waals surface area contributed by atoms with E-state index in [1.54, 1.807) is 12.1 Å². The molecular formula is C22H26FN7O3. The summed E-state index contributed by atoms with van der Waals surface area (Å²) in [7, 11) is 0. The number of aromatic nitrogens is 3. The van der Waals surface area contributed by atoms with Gasteiger partial charge in [-0.15, -0.1) is 0 Å². The molecule has 10 nitrogen and oxygen atoms in total. The molecule has 1 aromatic heterocycles. The molecule has 11 heteroatoms. The minimum absolute atomic E-state index is 0.0392. The van der Waals surface area contributed by atoms with E-state index >= 15 is 0 Å². The van der Waals surface area contributed by atoms with E-state index in [2.05, 4.69) is 15.3 Å². The van der Waals surface area contributed by atoms with Crippen molar-refractivity contribution in [3.8, 4) is 5.75 Å². The van der Waals surface area contributed by atoms with Crippen LogP contribution in [0.1, 0.15) is 18.1 Å². The van der Waals surface area contributed by atoms with Crippen molar-refractivity contribution < 1.29 is 9.13 Å². The Morgan fingerprint density at radius 1 is 1.03 bits per heavy atom. The first-order valence-electron chi connectivity index (χ1n) is 10.3. The topological polar surface area (TPSA) is 143 Å². The van der Waals surface area contributed by atoms with Crippen molar-refractivity contribution in [2.75, 3.05) is 25.0 Å². The zero-order valence-electron chi connectivity index (χ0n) is 18.2. The van der Waals surface area contributed by atoms with E-state index in [1.807, 2.05) is 19.1 Å². The Morgan fingerprint density at radius 2 is 1.64 bits per heavy atom. The van der Waals surface area contributed by atoms with E-state index in [0.717, 1.165) is 10.1 Å². The van der Waals surface area contributed by atoms with Gasteiger partial charge in [0.15, 0.2) is 5.96 Å². The normalized spacial score (nSPS) is 10.6. The maximum absolute atomic E-state index is 13.3. The zero-order chi connectivity index (χ0) is 23.8. The zero-order valence-corrected chi connectivity index (χ0v) is 18.2. The van der Waals surface area contributed by atoms with Gasteiger partial charge in [0.25, 0.3) is 0 Å². The van der Waals surface area contributed by atoms with Crippen molar-refractivity contribution >= 4 is 11.9 Å². The molecule has 3 rings (SSSR count). The van der Waals surface area contributed by atoms with Gasteiger partial charge in [0.2, 0.25) is 5.95 Å². The molecule has 0 aliphatic rings. The standard InChI is InChI=1S/C22H26FN7O3/c1-2-33-18-9-5-16(6-10-18)13-29-20(27-12-11-26-19(24)25)28-21(31)30(22(29)32)14-15-3-7-17(23)8-4-15/h3-10H,2,11-14H2,1H3,(H4,24,25,26)(H,27,28,31). The summed E-state index contributed by atoms with van der Waals surface area (Å²) in [5.41, 5.74) is 10.8. The SMILES string of the molecule is CCOc1ccc(Cn2c(NCCN=C(N)N)nc(=O)n(Cc3ccc(F)cc3)c2=O)cc1. The molecule has 0 fully saturated rings. The average molecular weight is 455 g/mol. The average Bonchev–Trinajstić information content (AvgIpc) is 2.79. The Kier molecular flexibility index (Phi) is 7.79. The first-order valence-corrected chi connectivity index (χ1v) is 10.3. The lowest BCUT2D eigenvalue weighted by molar-refractivity contribution is 0.340. The highest BCUT2D eigenvalue weighted by Gasteiger charge is 2.14. The van der Waals surface area contributed by atoms with E-state index in [-0.39, 0.29) is 38.1 Å². The smallest absolute Gasteiger partial charge is 0.355 e. The number of hydrogen-bond donors (Lipinski definition) is 3. The lowest BCUT2D eigenvalue weighted by Crippen LogP contribution is -2.43. The molecule has 0 radical (unpaired) electrons. The van der Waals surface area contributed by atoms with Gasteiger partial charge in [-0.3, -0.25) is 9.56 Å². The first kappa shape index (κ1) is 23.5. The van der Waals surface area contributed by atoms with Crippen LogP contribution in [-0.2, 0) is 13.1 Å². The summed E-state index contributed by atoms with van der Waals surface area (Å²) in [5.74, 6) is 0.340. The van der Waals surface area contributed by atoms with Crippen LogP contribution in [-0.4, -0.2) is 39.8 Å². The summed E-state index contributed by atoms with van der Waals surface area (Å²) in [6.45, 7) is 3.05. The number of halogens is 1. The van der Waals surface area contributed by atoms with Crippen LogP contribution in [0.3, 0.4) is 0 Å². The summed E-state index contributed by atoms with van der Waals surface area (Å²) < 4.78 is 21.0. The number of nitrogens with one attached hydrogen (secondary N) is 1. The van der Waals surface area contributed by atoms with Gasteiger partial charge < -0.3 is 21.5 Å². The molecule has 0 unspecified atom stereocenters. The molecule has 0 spiro atoms. The van der Waals surface area contributed by atoms with Crippen LogP contribution in [0.2, 0.25) is 0 Å². The number of rotatable bonds is 10. The second-order valence-electron chi connectivity index (χ2n) is 7.11. The van der Waals surface area contributed by atoms with E-state index in [1.165, 1.54) is 28.8 Å². The molecule has 1 heterocycles. The van der Waals surface area contributed by atoms with Gasteiger partial charge in [-0.05, 0) is 42.3 Å². The van der Waals surface area contributed by atoms with E-state index in [4.69, 9.17) is 16.2 Å². The van der Waals surface area contributed by atoms with Crippen molar-refractivity contribution in [2.24, 2.45) is 16.5 Å². The Balaban J connectivity index is 1.95. The number of benzene rings is 2. The van der Waals surface area contributed by atoms with Crippen LogP contribution >= 0.6 is 0 Å². The lowest BCUT2D eigenvalue weighted by Gasteiger charge is -2.15. The fourth-order valence-electron chi connectivity index (χ4n) is 3.11. The number of ether oxygens (including phenoxy) is 1. The summed E-state index contributed by atoms with van der Waals surface area (Å²) in [4.78, 5) is 33.8. The second kappa shape index (κ2) is 10.9. The van der Waals surface area contributed by atoms with Gasteiger partial charge in [-0.1, -0.05) is 24.3 Å². The van der Waals surface area contributed by atoms with Crippen LogP contribution in [0.4, 0.5) is 10.3 Å². The number of guanidine groups is 1. The van der Waals surface area contributed by atoms with Crippen molar-refractivity contribution in [1.29, 1.82) is 0 Å². The maximum Gasteiger partial charge on any atom is 0.355 e. The highest BCUT2D eigenvalue weighted by molar-refractivity contribution is 5.75. The molecule has 0 aliphatic carbocycles. The molecule has 0 saturated carbocycles. The monoisotopic (exact) mass is 455 g/mol. The second-order valence-corrected chi connectivity index (χ2v) is 7.11. The minimum Gasteiger partial charge on any atom is -0.494 e. The van der Waals surface area contributed by atoms with Crippen molar-refractivity contribution in [1.82, 2.24) is 14.1 Å². The van der Waals surface area contributed by atoms with Gasteiger partial charge in [0, 0.05) is 6.54 Å². The number of nitrogens with zero attached hydrogens (tertiary/aromatic N) is 4. The molecule has 0 bridgehead atoms. The quantitative estimate of drug-likeness (QED) is 0.232. The molecule has 0 atom stereocenters. The van der Waals surface area contributed by atoms with Crippen LogP contribution in [0.25, 0.3) is 0 Å². The first-order chi connectivity index (χ1) is 15.9. The van der Waals surface area contributed by atoms with Crippen LogP contribution in [0.15, 0.2) is 63.1 Å². The largest absolute Gasteiger partial charge is 0.494 e. The summed E-state index contributed by atoms with van der Waals surface area (Å²) >= 11 is 0. The molecular weight excluding hydrogens is 429 g/mol. The van der Waals surface area contributed by atoms with E-state index in [0.29, 0.717) is 17.9 Å². The molecule has 2 aromatic carbocycles. The van der Waals surface area contributed by atoms with E-state index in [9.17, 15) is 14.0 Å². The van der Waals surface area contributed by atoms with Gasteiger partial charge in [0.1, 0.15) is 11.6 Å². The molecule has 0 amide bonds.